The summed E-state index contributed by atoms with van der Waals surface area (Å²) in [6.45, 7) is 0. The van der Waals surface area contributed by atoms with Gasteiger partial charge in [-0.05, 0) is 0 Å². The van der Waals surface area contributed by atoms with Gasteiger partial charge in [0.05, 0.1) is 0 Å². The standard InChI is InChI=1S/Cu.Ga.Ir.H2Se.3H/h;;;1H2;;;. The fraction of sp³-hybridized carbons (Fsp3) is 0. The summed E-state index contributed by atoms with van der Waals surface area (Å²) in [6, 6.07) is 0. The van der Waals surface area contributed by atoms with Crippen molar-refractivity contribution in [2.45, 2.75) is 0 Å². The molecule has 4 heavy (non-hydrogen) atoms. The molecule has 0 aromatic rings. The van der Waals surface area contributed by atoms with Crippen LogP contribution in [-0.4, -0.2) is 36.9 Å². The van der Waals surface area contributed by atoms with Crippen LogP contribution in [0.4, 0.5) is 0 Å². The van der Waals surface area contributed by atoms with Crippen LogP contribution in [0.3, 0.4) is 0 Å². The third-order valence-electron chi connectivity index (χ3n) is 0. The van der Waals surface area contributed by atoms with Gasteiger partial charge in [0.25, 0.3) is 0 Å². The van der Waals surface area contributed by atoms with Crippen LogP contribution in [0.5, 0.6) is 0 Å². The summed E-state index contributed by atoms with van der Waals surface area (Å²) >= 11 is 0. The number of hydrogen-bond acceptors (Lipinski definition) is 0. The second-order valence-electron chi connectivity index (χ2n) is 0. The van der Waals surface area contributed by atoms with Gasteiger partial charge in [-0.15, -0.1) is 0 Å². The minimum atomic E-state index is 0. The quantitative estimate of drug-likeness (QED) is 0.402. The molecule has 2 radical (unpaired) electrons. The molecule has 0 saturated carbocycles. The van der Waals surface area contributed by atoms with Crippen molar-refractivity contribution in [3.8, 4) is 0 Å². The Labute approximate surface area is 73.2 Å². The molecule has 0 atom stereocenters. The van der Waals surface area contributed by atoms with Gasteiger partial charge in [-0.1, -0.05) is 0 Å². The van der Waals surface area contributed by atoms with Gasteiger partial charge in [0.2, 0.25) is 0 Å². The third-order valence-corrected chi connectivity index (χ3v) is 0. The molecule has 0 heterocycles. The zero-order valence-corrected chi connectivity index (χ0v) is 6.57. The molecule has 34 valence electrons. The van der Waals surface area contributed by atoms with Crippen molar-refractivity contribution in [3.63, 3.8) is 0 Å². The Morgan fingerprint density at radius 2 is 1.00 bits per heavy atom. The zero-order valence-electron chi connectivity index (χ0n) is 1.13. The average Bonchev–Trinajstić information content (AvgIpc) is 0. The van der Waals surface area contributed by atoms with Crippen LogP contribution in [0.1, 0.15) is 0 Å². The zero-order chi connectivity index (χ0) is 0. The molecule has 0 bridgehead atoms. The van der Waals surface area contributed by atoms with Crippen molar-refractivity contribution in [1.29, 1.82) is 0 Å². The summed E-state index contributed by atoms with van der Waals surface area (Å²) in [7, 11) is 0. The van der Waals surface area contributed by atoms with Crippen LogP contribution in [0, 0.1) is 0 Å². The van der Waals surface area contributed by atoms with Crippen molar-refractivity contribution in [2.75, 3.05) is 0 Å². The van der Waals surface area contributed by atoms with Gasteiger partial charge in [-0.3, -0.25) is 0 Å². The van der Waals surface area contributed by atoms with E-state index in [2.05, 4.69) is 0 Å². The molecule has 0 aliphatic heterocycles. The molecule has 0 aliphatic rings. The molecule has 0 unspecified atom stereocenters. The molecule has 0 amide bonds. The maximum atomic E-state index is 0. The Kier molecular flexibility index (Phi) is 153. The van der Waals surface area contributed by atoms with Crippen molar-refractivity contribution in [3.05, 3.63) is 0 Å². The van der Waals surface area contributed by atoms with Gasteiger partial charge in [0, 0.05) is 37.2 Å². The predicted octanol–water partition coefficient (Wildman–Crippen LogP) is -2.11. The third kappa shape index (κ3) is 8.85. The van der Waals surface area contributed by atoms with Gasteiger partial charge in [0.15, 0.2) is 0 Å². The van der Waals surface area contributed by atoms with Gasteiger partial charge >= 0.3 is 36.9 Å². The molecule has 0 fully saturated rings. The molecule has 0 N–H and O–H groups in total. The minimum absolute atomic E-state index is 0. The Hall–Kier alpha value is 2.32. The predicted molar refractivity (Wildman–Crippen MR) is 18.5 cm³/mol. The Bertz CT molecular complexity index is 8.00. The van der Waals surface area contributed by atoms with E-state index in [1.165, 1.54) is 0 Å². The van der Waals surface area contributed by atoms with Crippen LogP contribution < -0.4 is 0 Å². The summed E-state index contributed by atoms with van der Waals surface area (Å²) in [6.07, 6.45) is 0. The Morgan fingerprint density at radius 1 is 1.00 bits per heavy atom. The first-order chi connectivity index (χ1) is 0. The normalized spacial score (nSPS) is 0. The molecular formula is H5CuGaIrSe. The average molecular weight is 409 g/mol. The van der Waals surface area contributed by atoms with E-state index in [4.69, 9.17) is 0 Å². The van der Waals surface area contributed by atoms with Crippen LogP contribution in [0.25, 0.3) is 0 Å². The van der Waals surface area contributed by atoms with E-state index in [1.807, 2.05) is 0 Å². The van der Waals surface area contributed by atoms with Gasteiger partial charge in [-0.2, -0.15) is 0 Å². The summed E-state index contributed by atoms with van der Waals surface area (Å²) in [4.78, 5) is 0. The van der Waals surface area contributed by atoms with Crippen LogP contribution in [0.2, 0.25) is 0 Å². The molecule has 0 aromatic heterocycles. The summed E-state index contributed by atoms with van der Waals surface area (Å²) in [5, 5.41) is 0. The maximum absolute atomic E-state index is 0. The van der Waals surface area contributed by atoms with E-state index in [0.29, 0.717) is 0 Å². The van der Waals surface area contributed by atoms with E-state index < -0.39 is 0 Å². The summed E-state index contributed by atoms with van der Waals surface area (Å²) < 4.78 is 0. The van der Waals surface area contributed by atoms with Gasteiger partial charge in [-0.25, -0.2) is 0 Å². The Morgan fingerprint density at radius 3 is 1.00 bits per heavy atom. The molecule has 0 spiro atoms. The summed E-state index contributed by atoms with van der Waals surface area (Å²) in [5.41, 5.74) is 0. The number of hydrogen-bond donors (Lipinski definition) is 0. The van der Waals surface area contributed by atoms with Crippen molar-refractivity contribution < 1.29 is 37.2 Å². The first-order valence-corrected chi connectivity index (χ1v) is 0. The van der Waals surface area contributed by atoms with Crippen molar-refractivity contribution >= 4 is 36.9 Å². The first-order valence-electron chi connectivity index (χ1n) is 0. The van der Waals surface area contributed by atoms with E-state index in [1.54, 1.807) is 0 Å². The molecule has 0 aliphatic carbocycles. The number of rotatable bonds is 0. The first kappa shape index (κ1) is 33.2. The Balaban J connectivity index is 0. The van der Waals surface area contributed by atoms with Crippen molar-refractivity contribution in [1.82, 2.24) is 0 Å². The molecule has 0 saturated heterocycles. The second-order valence-corrected chi connectivity index (χ2v) is 0. The van der Waals surface area contributed by atoms with E-state index >= 15 is 0 Å². The van der Waals surface area contributed by atoms with E-state index in [9.17, 15) is 0 Å². The van der Waals surface area contributed by atoms with E-state index in [-0.39, 0.29) is 74.0 Å². The van der Waals surface area contributed by atoms with Crippen LogP contribution >= 0.6 is 0 Å². The summed E-state index contributed by atoms with van der Waals surface area (Å²) in [5.74, 6) is 0. The fourth-order valence-corrected chi connectivity index (χ4v) is 0. The van der Waals surface area contributed by atoms with Crippen molar-refractivity contribution in [2.24, 2.45) is 0 Å². The second kappa shape index (κ2) is 18.4. The fourth-order valence-electron chi connectivity index (χ4n) is 0. The molecule has 0 nitrogen and oxygen atoms in total. The van der Waals surface area contributed by atoms with Crippen LogP contribution in [-0.2, 0) is 37.2 Å². The molecular weight excluding hydrogens is 404 g/mol. The molecule has 0 rings (SSSR count). The van der Waals surface area contributed by atoms with Gasteiger partial charge < -0.3 is 0 Å². The van der Waals surface area contributed by atoms with E-state index in [0.717, 1.165) is 0 Å². The van der Waals surface area contributed by atoms with Crippen LogP contribution in [0.15, 0.2) is 0 Å². The topological polar surface area (TPSA) is 0 Å². The van der Waals surface area contributed by atoms with Gasteiger partial charge in [0.1, 0.15) is 0 Å². The SMILES string of the molecule is [Cu].[GaH3].[Ir].[SeH2]. The molecule has 4 heteroatoms. The molecule has 0 aromatic carbocycles. The monoisotopic (exact) mass is 410 g/mol.